The van der Waals surface area contributed by atoms with Crippen molar-refractivity contribution in [3.63, 3.8) is 0 Å². The Morgan fingerprint density at radius 1 is 1.36 bits per heavy atom. The van der Waals surface area contributed by atoms with Gasteiger partial charge in [-0.25, -0.2) is 4.99 Å². The van der Waals surface area contributed by atoms with Gasteiger partial charge in [0.25, 0.3) is 5.56 Å². The molecule has 0 spiro atoms. The van der Waals surface area contributed by atoms with Gasteiger partial charge in [0, 0.05) is 30.1 Å². The molecule has 1 fully saturated rings. The first-order valence-corrected chi connectivity index (χ1v) is 9.18. The van der Waals surface area contributed by atoms with E-state index >= 15 is 0 Å². The van der Waals surface area contributed by atoms with Gasteiger partial charge in [-0.15, -0.1) is 11.3 Å². The van der Waals surface area contributed by atoms with Crippen molar-refractivity contribution < 1.29 is 4.74 Å². The number of hydrogen-bond donors (Lipinski definition) is 3. The number of thiophene rings is 1. The van der Waals surface area contributed by atoms with Crippen LogP contribution in [0.2, 0.25) is 0 Å². The molecule has 0 saturated carbocycles. The molecular weight excluding hydrogens is 338 g/mol. The first-order valence-electron chi connectivity index (χ1n) is 8.37. The van der Waals surface area contributed by atoms with E-state index in [1.165, 1.54) is 4.88 Å². The van der Waals surface area contributed by atoms with E-state index < -0.39 is 0 Å². The zero-order chi connectivity index (χ0) is 17.8. The third kappa shape index (κ3) is 4.15. The molecule has 0 radical (unpaired) electrons. The molecule has 1 aliphatic rings. The number of nitrogens with one attached hydrogen (secondary N) is 3. The monoisotopic (exact) mass is 361 g/mol. The molecule has 25 heavy (non-hydrogen) atoms. The molecule has 0 bridgehead atoms. The summed E-state index contributed by atoms with van der Waals surface area (Å²) in [7, 11) is 0. The molecule has 3 heterocycles. The highest BCUT2D eigenvalue weighted by molar-refractivity contribution is 7.15. The maximum Gasteiger partial charge on any atom is 0.256 e. The van der Waals surface area contributed by atoms with E-state index in [0.717, 1.165) is 49.8 Å². The van der Waals surface area contributed by atoms with Gasteiger partial charge in [0.2, 0.25) is 5.62 Å². The molecule has 0 atom stereocenters. The van der Waals surface area contributed by atoms with Gasteiger partial charge in [0.15, 0.2) is 0 Å². The Hall–Kier alpha value is -2.03. The normalized spacial score (nSPS) is 16.5. The van der Waals surface area contributed by atoms with Crippen LogP contribution in [0.25, 0.3) is 10.6 Å². The second-order valence-corrected chi connectivity index (χ2v) is 7.45. The topological polar surface area (TPSA) is 97.3 Å². The third-order valence-electron chi connectivity index (χ3n) is 4.15. The first-order chi connectivity index (χ1) is 12.1. The molecule has 0 amide bonds. The molecular formula is C17H23N5O2S. The van der Waals surface area contributed by atoms with Crippen molar-refractivity contribution in [1.29, 1.82) is 5.41 Å². The summed E-state index contributed by atoms with van der Waals surface area (Å²) < 4.78 is 5.39. The maximum absolute atomic E-state index is 12.4. The molecule has 1 saturated heterocycles. The average molecular weight is 361 g/mol. The molecule has 0 unspecified atom stereocenters. The zero-order valence-electron chi connectivity index (χ0n) is 14.5. The lowest BCUT2D eigenvalue weighted by Crippen LogP contribution is -2.35. The van der Waals surface area contributed by atoms with E-state index in [2.05, 4.69) is 25.9 Å². The molecule has 1 aliphatic heterocycles. The Balaban J connectivity index is 1.96. The molecule has 0 aromatic carbocycles. The van der Waals surface area contributed by atoms with Crippen molar-refractivity contribution in [2.45, 2.75) is 26.3 Å². The Morgan fingerprint density at radius 2 is 2.12 bits per heavy atom. The molecule has 2 aromatic heterocycles. The fraction of sp³-hybridized carbons (Fsp3) is 0.471. The average Bonchev–Trinajstić information content (AvgIpc) is 3.03. The Morgan fingerprint density at radius 3 is 2.80 bits per heavy atom. The van der Waals surface area contributed by atoms with Gasteiger partial charge in [-0.05, 0) is 18.1 Å². The first kappa shape index (κ1) is 17.8. The number of rotatable bonds is 5. The lowest BCUT2D eigenvalue weighted by molar-refractivity contribution is 0.0346. The van der Waals surface area contributed by atoms with Crippen molar-refractivity contribution in [3.8, 4) is 10.6 Å². The predicted octanol–water partition coefficient (Wildman–Crippen LogP) is 1.89. The number of nitrogens with zero attached hydrogens (tertiary/aromatic N) is 2. The standard InChI is InChI=1S/C17H23N5O2S/c1-11(2)14-15(20-17(19-10-18)21-16(14)23)13-4-3-12(25-13)9-22-5-7-24-8-6-22/h3-4,10-11H,5-9H2,1-2H3,(H3,18,19,20,21,23). The van der Waals surface area contributed by atoms with Crippen LogP contribution in [0.3, 0.4) is 0 Å². The van der Waals surface area contributed by atoms with Crippen LogP contribution in [0, 0.1) is 5.41 Å². The van der Waals surface area contributed by atoms with Crippen LogP contribution in [0.5, 0.6) is 0 Å². The van der Waals surface area contributed by atoms with E-state index in [9.17, 15) is 4.79 Å². The fourth-order valence-electron chi connectivity index (χ4n) is 2.96. The maximum atomic E-state index is 12.4. The Kier molecular flexibility index (Phi) is 5.62. The summed E-state index contributed by atoms with van der Waals surface area (Å²) in [6.45, 7) is 8.35. The summed E-state index contributed by atoms with van der Waals surface area (Å²) in [6.07, 6.45) is 0.916. The predicted molar refractivity (Wildman–Crippen MR) is 99.3 cm³/mol. The summed E-state index contributed by atoms with van der Waals surface area (Å²) in [4.78, 5) is 26.8. The van der Waals surface area contributed by atoms with Gasteiger partial charge >= 0.3 is 0 Å². The largest absolute Gasteiger partial charge is 0.379 e. The van der Waals surface area contributed by atoms with Crippen LogP contribution >= 0.6 is 11.3 Å². The van der Waals surface area contributed by atoms with Crippen molar-refractivity contribution in [1.82, 2.24) is 14.9 Å². The SMILES string of the molecule is CC(C)c1c(-c2ccc(CN3CCOCC3)s2)[nH]/c(=N/C=N)[nH]c1=O. The lowest BCUT2D eigenvalue weighted by atomic mass is 10.0. The van der Waals surface area contributed by atoms with Gasteiger partial charge in [-0.2, -0.15) is 0 Å². The van der Waals surface area contributed by atoms with Crippen LogP contribution in [-0.4, -0.2) is 47.5 Å². The Bertz CT molecular complexity index is 858. The summed E-state index contributed by atoms with van der Waals surface area (Å²) in [5.41, 5.74) is 1.64. The van der Waals surface area contributed by atoms with Crippen LogP contribution in [0.1, 0.15) is 30.2 Å². The second-order valence-electron chi connectivity index (χ2n) is 6.28. The van der Waals surface area contributed by atoms with Gasteiger partial charge in [0.1, 0.15) is 6.34 Å². The summed E-state index contributed by atoms with van der Waals surface area (Å²) in [5.74, 6) is 0.0776. The fourth-order valence-corrected chi connectivity index (χ4v) is 4.02. The van der Waals surface area contributed by atoms with Gasteiger partial charge < -0.3 is 9.72 Å². The number of ether oxygens (including phenoxy) is 1. The smallest absolute Gasteiger partial charge is 0.256 e. The van der Waals surface area contributed by atoms with E-state index in [4.69, 9.17) is 10.1 Å². The van der Waals surface area contributed by atoms with Crippen molar-refractivity contribution in [3.05, 3.63) is 38.5 Å². The van der Waals surface area contributed by atoms with E-state index in [1.54, 1.807) is 11.3 Å². The van der Waals surface area contributed by atoms with E-state index in [-0.39, 0.29) is 11.5 Å². The van der Waals surface area contributed by atoms with E-state index in [1.807, 2.05) is 19.9 Å². The zero-order valence-corrected chi connectivity index (χ0v) is 15.3. The number of aromatic amines is 2. The van der Waals surface area contributed by atoms with Gasteiger partial charge in [-0.3, -0.25) is 20.1 Å². The van der Waals surface area contributed by atoms with Crippen LogP contribution in [0.4, 0.5) is 0 Å². The summed E-state index contributed by atoms with van der Waals surface area (Å²) in [5, 5.41) is 7.12. The van der Waals surface area contributed by atoms with Crippen LogP contribution in [0.15, 0.2) is 21.9 Å². The van der Waals surface area contributed by atoms with E-state index in [0.29, 0.717) is 11.2 Å². The highest BCUT2D eigenvalue weighted by Crippen LogP contribution is 2.30. The van der Waals surface area contributed by atoms with Crippen molar-refractivity contribution in [2.75, 3.05) is 26.3 Å². The minimum atomic E-state index is -0.160. The third-order valence-corrected chi connectivity index (χ3v) is 5.24. The minimum Gasteiger partial charge on any atom is -0.379 e. The van der Waals surface area contributed by atoms with Crippen molar-refractivity contribution in [2.24, 2.45) is 4.99 Å². The molecule has 3 rings (SSSR count). The summed E-state index contributed by atoms with van der Waals surface area (Å²) in [6, 6.07) is 4.16. The molecule has 2 aromatic rings. The molecule has 8 heteroatoms. The van der Waals surface area contributed by atoms with Gasteiger partial charge in [-0.1, -0.05) is 13.8 Å². The number of H-pyrrole nitrogens is 2. The summed E-state index contributed by atoms with van der Waals surface area (Å²) >= 11 is 1.68. The highest BCUT2D eigenvalue weighted by Gasteiger charge is 2.17. The quantitative estimate of drug-likeness (QED) is 0.560. The molecule has 3 N–H and O–H groups in total. The van der Waals surface area contributed by atoms with Crippen LogP contribution < -0.4 is 11.2 Å². The molecule has 0 aliphatic carbocycles. The minimum absolute atomic E-state index is 0.0776. The number of aromatic nitrogens is 2. The molecule has 7 nitrogen and oxygen atoms in total. The number of morpholine rings is 1. The van der Waals surface area contributed by atoms with Crippen LogP contribution in [-0.2, 0) is 11.3 Å². The second kappa shape index (κ2) is 7.90. The van der Waals surface area contributed by atoms with Crippen molar-refractivity contribution >= 4 is 17.7 Å². The highest BCUT2D eigenvalue weighted by atomic mass is 32.1. The van der Waals surface area contributed by atoms with Gasteiger partial charge in [0.05, 0.1) is 23.8 Å². The lowest BCUT2D eigenvalue weighted by Gasteiger charge is -2.25. The number of hydrogen-bond acceptors (Lipinski definition) is 5. The Labute approximate surface area is 149 Å². The molecule has 134 valence electrons.